The molecule has 0 aliphatic carbocycles. The maximum Gasteiger partial charge on any atom is 0.326 e. The third kappa shape index (κ3) is 4.06. The first kappa shape index (κ1) is 14.1. The van der Waals surface area contributed by atoms with Crippen LogP contribution in [0.1, 0.15) is 38.2 Å². The van der Waals surface area contributed by atoms with E-state index < -0.39 is 5.54 Å². The van der Waals surface area contributed by atoms with Gasteiger partial charge in [-0.2, -0.15) is 0 Å². The van der Waals surface area contributed by atoms with Crippen LogP contribution in [0, 0.1) is 0 Å². The van der Waals surface area contributed by atoms with Crippen molar-refractivity contribution in [2.75, 3.05) is 13.2 Å². The summed E-state index contributed by atoms with van der Waals surface area (Å²) in [6.07, 6.45) is 4.97. The lowest BCUT2D eigenvalue weighted by Gasteiger charge is -2.32. The van der Waals surface area contributed by atoms with Gasteiger partial charge in [0.15, 0.2) is 0 Å². The van der Waals surface area contributed by atoms with Gasteiger partial charge < -0.3 is 10.1 Å². The molecular weight excluding hydrogens is 238 g/mol. The summed E-state index contributed by atoms with van der Waals surface area (Å²) in [5, 5.41) is 3.28. The van der Waals surface area contributed by atoms with E-state index in [0.29, 0.717) is 6.61 Å². The zero-order chi connectivity index (χ0) is 13.6. The minimum Gasteiger partial charge on any atom is -0.464 e. The molecule has 1 heterocycles. The zero-order valence-electron chi connectivity index (χ0n) is 11.7. The molecule has 0 aromatic heterocycles. The van der Waals surface area contributed by atoms with Crippen LogP contribution in [-0.4, -0.2) is 24.7 Å². The minimum absolute atomic E-state index is 0.0970. The van der Waals surface area contributed by atoms with Crippen LogP contribution in [0.15, 0.2) is 30.3 Å². The van der Waals surface area contributed by atoms with Crippen molar-refractivity contribution < 1.29 is 9.53 Å². The molecule has 1 fully saturated rings. The van der Waals surface area contributed by atoms with Crippen LogP contribution in [0.3, 0.4) is 0 Å². The first-order valence-electron chi connectivity index (χ1n) is 7.17. The molecule has 1 aliphatic rings. The molecule has 1 aliphatic heterocycles. The Morgan fingerprint density at radius 1 is 1.32 bits per heavy atom. The second-order valence-corrected chi connectivity index (χ2v) is 5.44. The van der Waals surface area contributed by atoms with Crippen LogP contribution < -0.4 is 5.32 Å². The Hall–Kier alpha value is -1.35. The SMILES string of the molecule is CC1(C(=O)OCCCc2ccccc2)CCCCN1. The van der Waals surface area contributed by atoms with Crippen molar-refractivity contribution >= 4 is 5.97 Å². The number of aryl methyl sites for hydroxylation is 1. The lowest BCUT2D eigenvalue weighted by molar-refractivity contribution is -0.152. The van der Waals surface area contributed by atoms with E-state index in [4.69, 9.17) is 4.74 Å². The van der Waals surface area contributed by atoms with Gasteiger partial charge in [0.25, 0.3) is 0 Å². The van der Waals surface area contributed by atoms with Gasteiger partial charge in [-0.1, -0.05) is 30.3 Å². The van der Waals surface area contributed by atoms with E-state index in [9.17, 15) is 4.79 Å². The van der Waals surface area contributed by atoms with Crippen molar-refractivity contribution in [2.24, 2.45) is 0 Å². The number of carbonyl (C=O) groups is 1. The number of rotatable bonds is 5. The Balaban J connectivity index is 1.69. The monoisotopic (exact) mass is 261 g/mol. The second kappa shape index (κ2) is 6.71. The van der Waals surface area contributed by atoms with Gasteiger partial charge in [-0.3, -0.25) is 4.79 Å². The van der Waals surface area contributed by atoms with Crippen molar-refractivity contribution in [1.82, 2.24) is 5.32 Å². The summed E-state index contributed by atoms with van der Waals surface area (Å²) in [7, 11) is 0. The van der Waals surface area contributed by atoms with Crippen molar-refractivity contribution in [2.45, 2.75) is 44.6 Å². The number of nitrogens with one attached hydrogen (secondary N) is 1. The van der Waals surface area contributed by atoms with Crippen LogP contribution in [0.5, 0.6) is 0 Å². The Bertz CT molecular complexity index is 396. The number of ether oxygens (including phenoxy) is 1. The number of esters is 1. The molecule has 19 heavy (non-hydrogen) atoms. The number of hydrogen-bond acceptors (Lipinski definition) is 3. The van der Waals surface area contributed by atoms with Gasteiger partial charge >= 0.3 is 5.97 Å². The summed E-state index contributed by atoms with van der Waals surface area (Å²) < 4.78 is 5.40. The molecule has 1 N–H and O–H groups in total. The van der Waals surface area contributed by atoms with Crippen LogP contribution >= 0.6 is 0 Å². The van der Waals surface area contributed by atoms with Gasteiger partial charge in [-0.25, -0.2) is 0 Å². The average molecular weight is 261 g/mol. The summed E-state index contributed by atoms with van der Waals surface area (Å²) >= 11 is 0. The summed E-state index contributed by atoms with van der Waals surface area (Å²) in [6, 6.07) is 10.3. The molecule has 0 saturated carbocycles. The molecule has 0 spiro atoms. The molecule has 1 aromatic rings. The summed E-state index contributed by atoms with van der Waals surface area (Å²) in [5.74, 6) is -0.0970. The topological polar surface area (TPSA) is 38.3 Å². The van der Waals surface area contributed by atoms with E-state index in [1.165, 1.54) is 5.56 Å². The summed E-state index contributed by atoms with van der Waals surface area (Å²) in [4.78, 5) is 12.0. The van der Waals surface area contributed by atoms with E-state index in [-0.39, 0.29) is 5.97 Å². The van der Waals surface area contributed by atoms with Crippen molar-refractivity contribution in [3.63, 3.8) is 0 Å². The molecular formula is C16H23NO2. The third-order valence-corrected chi connectivity index (χ3v) is 3.76. The quantitative estimate of drug-likeness (QED) is 0.654. The van der Waals surface area contributed by atoms with Gasteiger partial charge in [0.05, 0.1) is 6.61 Å². The van der Waals surface area contributed by atoms with E-state index in [0.717, 1.165) is 38.6 Å². The number of hydrogen-bond donors (Lipinski definition) is 1. The van der Waals surface area contributed by atoms with Gasteiger partial charge in [0.2, 0.25) is 0 Å². The summed E-state index contributed by atoms with van der Waals surface area (Å²) in [6.45, 7) is 3.37. The molecule has 1 unspecified atom stereocenters. The van der Waals surface area contributed by atoms with E-state index in [1.54, 1.807) is 0 Å². The van der Waals surface area contributed by atoms with Crippen LogP contribution in [0.25, 0.3) is 0 Å². The fourth-order valence-electron chi connectivity index (χ4n) is 2.48. The molecule has 104 valence electrons. The van der Waals surface area contributed by atoms with Gasteiger partial charge in [-0.05, 0) is 51.1 Å². The molecule has 0 radical (unpaired) electrons. The van der Waals surface area contributed by atoms with Crippen molar-refractivity contribution in [3.05, 3.63) is 35.9 Å². The fraction of sp³-hybridized carbons (Fsp3) is 0.562. The zero-order valence-corrected chi connectivity index (χ0v) is 11.7. The van der Waals surface area contributed by atoms with Gasteiger partial charge in [0, 0.05) is 0 Å². The molecule has 0 amide bonds. The maximum absolute atomic E-state index is 12.0. The Kier molecular flexibility index (Phi) is 4.97. The first-order valence-corrected chi connectivity index (χ1v) is 7.17. The standard InChI is InChI=1S/C16H23NO2/c1-16(11-5-6-12-17-16)15(18)19-13-7-10-14-8-3-2-4-9-14/h2-4,8-9,17H,5-7,10-13H2,1H3. The van der Waals surface area contributed by atoms with Crippen LogP contribution in [0.2, 0.25) is 0 Å². The van der Waals surface area contributed by atoms with E-state index >= 15 is 0 Å². The highest BCUT2D eigenvalue weighted by atomic mass is 16.5. The third-order valence-electron chi connectivity index (χ3n) is 3.76. The lowest BCUT2D eigenvalue weighted by atomic mass is 9.91. The highest BCUT2D eigenvalue weighted by molar-refractivity contribution is 5.80. The van der Waals surface area contributed by atoms with Crippen molar-refractivity contribution in [3.8, 4) is 0 Å². The van der Waals surface area contributed by atoms with Crippen LogP contribution in [-0.2, 0) is 16.0 Å². The van der Waals surface area contributed by atoms with Gasteiger partial charge in [0.1, 0.15) is 5.54 Å². The predicted molar refractivity (Wildman–Crippen MR) is 76.0 cm³/mol. The lowest BCUT2D eigenvalue weighted by Crippen LogP contribution is -2.53. The molecule has 1 aromatic carbocycles. The molecule has 0 bridgehead atoms. The van der Waals surface area contributed by atoms with E-state index in [1.807, 2.05) is 25.1 Å². The Labute approximate surface area is 115 Å². The second-order valence-electron chi connectivity index (χ2n) is 5.44. The molecule has 3 nitrogen and oxygen atoms in total. The molecule has 2 rings (SSSR count). The van der Waals surface area contributed by atoms with Crippen LogP contribution in [0.4, 0.5) is 0 Å². The Morgan fingerprint density at radius 3 is 2.79 bits per heavy atom. The molecule has 3 heteroatoms. The summed E-state index contributed by atoms with van der Waals surface area (Å²) in [5.41, 5.74) is 0.825. The highest BCUT2D eigenvalue weighted by Crippen LogP contribution is 2.20. The van der Waals surface area contributed by atoms with Gasteiger partial charge in [-0.15, -0.1) is 0 Å². The minimum atomic E-state index is -0.467. The largest absolute Gasteiger partial charge is 0.464 e. The smallest absolute Gasteiger partial charge is 0.326 e. The predicted octanol–water partition coefficient (Wildman–Crippen LogP) is 2.69. The van der Waals surface area contributed by atoms with E-state index in [2.05, 4.69) is 17.4 Å². The number of piperidine rings is 1. The fourth-order valence-corrected chi connectivity index (χ4v) is 2.48. The van der Waals surface area contributed by atoms with Crippen molar-refractivity contribution in [1.29, 1.82) is 0 Å². The number of benzene rings is 1. The molecule has 1 atom stereocenters. The molecule has 1 saturated heterocycles. The maximum atomic E-state index is 12.0. The first-order chi connectivity index (χ1) is 9.21. The average Bonchev–Trinajstić information content (AvgIpc) is 2.45. The number of carbonyl (C=O) groups excluding carboxylic acids is 1. The highest BCUT2D eigenvalue weighted by Gasteiger charge is 2.35. The Morgan fingerprint density at radius 2 is 2.11 bits per heavy atom. The normalized spacial score (nSPS) is 23.0.